The van der Waals surface area contributed by atoms with Crippen LogP contribution in [0.2, 0.25) is 0 Å². The molecule has 2 atom stereocenters. The van der Waals surface area contributed by atoms with Crippen molar-refractivity contribution in [3.63, 3.8) is 0 Å². The first kappa shape index (κ1) is 21.7. The number of rotatable bonds is 9. The molecule has 0 amide bonds. The lowest BCUT2D eigenvalue weighted by molar-refractivity contribution is -0.320. The third-order valence-corrected chi connectivity index (χ3v) is 2.72. The SMILES string of the molecule is C=C(C)C(=O)OCC(O)CC(F)(F)C(F)(F)C(F)(F)CC(C)O. The highest BCUT2D eigenvalue weighted by Crippen LogP contribution is 2.49. The van der Waals surface area contributed by atoms with E-state index in [-0.39, 0.29) is 5.57 Å². The predicted molar refractivity (Wildman–Crippen MR) is 67.5 cm³/mol. The Kier molecular flexibility index (Phi) is 7.10. The molecule has 0 aliphatic heterocycles. The Balaban J connectivity index is 4.95. The summed E-state index contributed by atoms with van der Waals surface area (Å²) in [5.74, 6) is -17.4. The van der Waals surface area contributed by atoms with Crippen molar-refractivity contribution in [1.29, 1.82) is 0 Å². The van der Waals surface area contributed by atoms with Gasteiger partial charge in [-0.1, -0.05) is 6.58 Å². The van der Waals surface area contributed by atoms with Gasteiger partial charge in [-0.15, -0.1) is 0 Å². The van der Waals surface area contributed by atoms with E-state index in [1.807, 2.05) is 0 Å². The fraction of sp³-hybridized carbons (Fsp3) is 0.769. The summed E-state index contributed by atoms with van der Waals surface area (Å²) in [5, 5.41) is 17.9. The van der Waals surface area contributed by atoms with Gasteiger partial charge in [0.2, 0.25) is 0 Å². The Bertz CT molecular complexity index is 436. The Hall–Kier alpha value is -1.29. The van der Waals surface area contributed by atoms with Crippen LogP contribution >= 0.6 is 0 Å². The summed E-state index contributed by atoms with van der Waals surface area (Å²) in [6.07, 6.45) is -8.16. The van der Waals surface area contributed by atoms with Gasteiger partial charge in [0.1, 0.15) is 6.61 Å². The number of ether oxygens (including phenoxy) is 1. The van der Waals surface area contributed by atoms with E-state index in [0.717, 1.165) is 6.92 Å². The summed E-state index contributed by atoms with van der Waals surface area (Å²) >= 11 is 0. The third kappa shape index (κ3) is 5.69. The highest BCUT2D eigenvalue weighted by atomic mass is 19.3. The maximum Gasteiger partial charge on any atom is 0.372 e. The number of carbonyl (C=O) groups is 1. The topological polar surface area (TPSA) is 66.8 Å². The molecule has 0 aromatic rings. The van der Waals surface area contributed by atoms with Gasteiger partial charge >= 0.3 is 23.7 Å². The van der Waals surface area contributed by atoms with E-state index in [1.54, 1.807) is 0 Å². The van der Waals surface area contributed by atoms with Gasteiger partial charge in [-0.25, -0.2) is 4.79 Å². The summed E-state index contributed by atoms with van der Waals surface area (Å²) in [7, 11) is 0. The number of halogens is 6. The molecule has 23 heavy (non-hydrogen) atoms. The molecule has 0 bridgehead atoms. The normalized spacial score (nSPS) is 15.9. The van der Waals surface area contributed by atoms with Gasteiger partial charge in [0.15, 0.2) is 0 Å². The maximum atomic E-state index is 13.5. The number of aliphatic hydroxyl groups excluding tert-OH is 2. The predicted octanol–water partition coefficient (Wildman–Crippen LogP) is 2.53. The molecule has 0 fully saturated rings. The van der Waals surface area contributed by atoms with Gasteiger partial charge in [-0.3, -0.25) is 0 Å². The van der Waals surface area contributed by atoms with Crippen LogP contribution in [0.15, 0.2) is 12.2 Å². The third-order valence-electron chi connectivity index (χ3n) is 2.72. The van der Waals surface area contributed by atoms with Crippen LogP contribution in [0.4, 0.5) is 26.3 Å². The molecule has 0 radical (unpaired) electrons. The Morgan fingerprint density at radius 2 is 1.52 bits per heavy atom. The van der Waals surface area contributed by atoms with Crippen molar-refractivity contribution in [2.24, 2.45) is 0 Å². The van der Waals surface area contributed by atoms with Crippen molar-refractivity contribution in [3.8, 4) is 0 Å². The molecule has 0 rings (SSSR count). The van der Waals surface area contributed by atoms with Crippen molar-refractivity contribution in [3.05, 3.63) is 12.2 Å². The van der Waals surface area contributed by atoms with Crippen LogP contribution < -0.4 is 0 Å². The van der Waals surface area contributed by atoms with Crippen LogP contribution in [0, 0.1) is 0 Å². The van der Waals surface area contributed by atoms with E-state index in [9.17, 15) is 36.2 Å². The Morgan fingerprint density at radius 1 is 1.09 bits per heavy atom. The minimum absolute atomic E-state index is 0.127. The highest BCUT2D eigenvalue weighted by Gasteiger charge is 2.71. The molecule has 0 aliphatic rings. The van der Waals surface area contributed by atoms with Crippen molar-refractivity contribution in [2.75, 3.05) is 6.61 Å². The first-order chi connectivity index (χ1) is 10.1. The second-order valence-corrected chi connectivity index (χ2v) is 5.27. The molecule has 4 nitrogen and oxygen atoms in total. The summed E-state index contributed by atoms with van der Waals surface area (Å²) in [5.41, 5.74) is -0.127. The van der Waals surface area contributed by atoms with Crippen LogP contribution in [0.3, 0.4) is 0 Å². The van der Waals surface area contributed by atoms with Crippen LogP contribution in [-0.4, -0.2) is 52.8 Å². The first-order valence-electron chi connectivity index (χ1n) is 6.46. The molecule has 0 aromatic carbocycles. The van der Waals surface area contributed by atoms with E-state index in [1.165, 1.54) is 6.92 Å². The van der Waals surface area contributed by atoms with Crippen molar-refractivity contribution >= 4 is 5.97 Å². The number of hydrogen-bond donors (Lipinski definition) is 2. The fourth-order valence-electron chi connectivity index (χ4n) is 1.54. The summed E-state index contributed by atoms with van der Waals surface area (Å²) in [6, 6.07) is 0. The molecule has 136 valence electrons. The van der Waals surface area contributed by atoms with Crippen LogP contribution in [0.1, 0.15) is 26.7 Å². The van der Waals surface area contributed by atoms with E-state index >= 15 is 0 Å². The number of esters is 1. The number of hydrogen-bond acceptors (Lipinski definition) is 4. The molecular weight excluding hydrogens is 334 g/mol. The molecule has 0 saturated heterocycles. The minimum Gasteiger partial charge on any atom is -0.460 e. The van der Waals surface area contributed by atoms with Gasteiger partial charge in [-0.2, -0.15) is 26.3 Å². The van der Waals surface area contributed by atoms with Crippen molar-refractivity contribution < 1.29 is 46.1 Å². The lowest BCUT2D eigenvalue weighted by atomic mass is 9.95. The monoisotopic (exact) mass is 352 g/mol. The Morgan fingerprint density at radius 3 is 1.91 bits per heavy atom. The maximum absolute atomic E-state index is 13.5. The highest BCUT2D eigenvalue weighted by molar-refractivity contribution is 5.86. The number of aliphatic hydroxyl groups is 2. The van der Waals surface area contributed by atoms with Crippen molar-refractivity contribution in [2.45, 2.75) is 56.7 Å². The second-order valence-electron chi connectivity index (χ2n) is 5.27. The average Bonchev–Trinajstić information content (AvgIpc) is 2.33. The lowest BCUT2D eigenvalue weighted by Gasteiger charge is -2.34. The molecule has 10 heteroatoms. The molecular formula is C13H18F6O4. The molecule has 2 N–H and O–H groups in total. The minimum atomic E-state index is -5.81. The van der Waals surface area contributed by atoms with Gasteiger partial charge in [0, 0.05) is 18.4 Å². The molecule has 0 aliphatic carbocycles. The van der Waals surface area contributed by atoms with Gasteiger partial charge in [0.05, 0.1) is 12.2 Å². The summed E-state index contributed by atoms with van der Waals surface area (Å²) in [6.45, 7) is 4.04. The summed E-state index contributed by atoms with van der Waals surface area (Å²) in [4.78, 5) is 11.0. The van der Waals surface area contributed by atoms with Crippen LogP contribution in [0.5, 0.6) is 0 Å². The fourth-order valence-corrected chi connectivity index (χ4v) is 1.54. The molecule has 0 saturated carbocycles. The van der Waals surface area contributed by atoms with Crippen LogP contribution in [0.25, 0.3) is 0 Å². The first-order valence-corrected chi connectivity index (χ1v) is 6.46. The lowest BCUT2D eigenvalue weighted by Crippen LogP contribution is -2.56. The standard InChI is InChI=1S/C13H18F6O4/c1-7(2)10(22)23-6-9(21)5-12(16,17)13(18,19)11(14,15)4-8(3)20/h8-9,20-21H,1,4-6H2,2-3H3. The van der Waals surface area contributed by atoms with Gasteiger partial charge in [-0.05, 0) is 13.8 Å². The average molecular weight is 352 g/mol. The Labute approximate surface area is 128 Å². The molecule has 0 heterocycles. The van der Waals surface area contributed by atoms with Gasteiger partial charge in [0.25, 0.3) is 0 Å². The molecule has 0 aromatic heterocycles. The molecule has 2 unspecified atom stereocenters. The summed E-state index contributed by atoms with van der Waals surface area (Å²) < 4.78 is 84.4. The van der Waals surface area contributed by atoms with E-state index in [0.29, 0.717) is 0 Å². The zero-order valence-electron chi connectivity index (χ0n) is 12.5. The van der Waals surface area contributed by atoms with E-state index < -0.39 is 55.4 Å². The van der Waals surface area contributed by atoms with E-state index in [2.05, 4.69) is 11.3 Å². The number of alkyl halides is 6. The smallest absolute Gasteiger partial charge is 0.372 e. The second kappa shape index (κ2) is 7.52. The molecule has 0 spiro atoms. The quantitative estimate of drug-likeness (QED) is 0.380. The number of carbonyl (C=O) groups excluding carboxylic acids is 1. The van der Waals surface area contributed by atoms with Crippen molar-refractivity contribution in [1.82, 2.24) is 0 Å². The zero-order chi connectivity index (χ0) is 18.6. The van der Waals surface area contributed by atoms with Crippen LogP contribution in [-0.2, 0) is 9.53 Å². The largest absolute Gasteiger partial charge is 0.460 e. The van der Waals surface area contributed by atoms with E-state index in [4.69, 9.17) is 5.11 Å². The zero-order valence-corrected chi connectivity index (χ0v) is 12.5. The van der Waals surface area contributed by atoms with Gasteiger partial charge < -0.3 is 14.9 Å².